The summed E-state index contributed by atoms with van der Waals surface area (Å²) in [6.45, 7) is 1.98. The van der Waals surface area contributed by atoms with Crippen LogP contribution < -0.4 is 27.6 Å². The van der Waals surface area contributed by atoms with Gasteiger partial charge in [0.25, 0.3) is 5.56 Å². The van der Waals surface area contributed by atoms with Gasteiger partial charge in [-0.1, -0.05) is 30.3 Å². The molecule has 1 aliphatic rings. The van der Waals surface area contributed by atoms with Gasteiger partial charge in [0, 0.05) is 39.8 Å². The molecule has 1 aliphatic heterocycles. The molecule has 4 N–H and O–H groups in total. The van der Waals surface area contributed by atoms with Crippen molar-refractivity contribution in [2.75, 3.05) is 23.7 Å². The van der Waals surface area contributed by atoms with Crippen molar-refractivity contribution in [1.29, 1.82) is 0 Å². The molecule has 0 amide bonds. The quantitative estimate of drug-likeness (QED) is 0.690. The molecule has 28 heavy (non-hydrogen) atoms. The SMILES string of the molecule is Cn1c(=O)c2c(c(N)c(N3CCC[C@H](N)C3)n2Cc2ccccc2)n(C)c1=O. The molecule has 1 fully saturated rings. The average molecular weight is 382 g/mol. The van der Waals surface area contributed by atoms with Gasteiger partial charge in [-0.2, -0.15) is 0 Å². The molecule has 3 aromatic rings. The zero-order valence-corrected chi connectivity index (χ0v) is 16.3. The summed E-state index contributed by atoms with van der Waals surface area (Å²) >= 11 is 0. The van der Waals surface area contributed by atoms with Crippen molar-refractivity contribution in [1.82, 2.24) is 13.7 Å². The Morgan fingerprint density at radius 3 is 2.46 bits per heavy atom. The van der Waals surface area contributed by atoms with Crippen LogP contribution in [0.15, 0.2) is 39.9 Å². The Hall–Kier alpha value is -3.00. The second-order valence-electron chi connectivity index (χ2n) is 7.56. The predicted octanol–water partition coefficient (Wildman–Crippen LogP) is 0.597. The van der Waals surface area contributed by atoms with Gasteiger partial charge in [-0.15, -0.1) is 0 Å². The number of benzene rings is 1. The van der Waals surface area contributed by atoms with Gasteiger partial charge in [-0.3, -0.25) is 13.9 Å². The number of aryl methyl sites for hydroxylation is 1. The number of rotatable bonds is 3. The largest absolute Gasteiger partial charge is 0.394 e. The number of hydrogen-bond acceptors (Lipinski definition) is 5. The van der Waals surface area contributed by atoms with Gasteiger partial charge in [0.2, 0.25) is 0 Å². The highest BCUT2D eigenvalue weighted by molar-refractivity contribution is 5.96. The van der Waals surface area contributed by atoms with E-state index in [-0.39, 0.29) is 17.3 Å². The van der Waals surface area contributed by atoms with E-state index in [1.54, 1.807) is 7.05 Å². The molecule has 0 bridgehead atoms. The van der Waals surface area contributed by atoms with E-state index in [2.05, 4.69) is 4.90 Å². The summed E-state index contributed by atoms with van der Waals surface area (Å²) in [6.07, 6.45) is 1.93. The Bertz CT molecular complexity index is 1140. The predicted molar refractivity (Wildman–Crippen MR) is 112 cm³/mol. The van der Waals surface area contributed by atoms with Gasteiger partial charge in [-0.05, 0) is 18.4 Å². The van der Waals surface area contributed by atoms with Crippen LogP contribution in [0.2, 0.25) is 0 Å². The van der Waals surface area contributed by atoms with Crippen LogP contribution in [0.25, 0.3) is 11.0 Å². The number of fused-ring (bicyclic) bond motifs is 1. The van der Waals surface area contributed by atoms with Crippen molar-refractivity contribution < 1.29 is 0 Å². The second-order valence-corrected chi connectivity index (χ2v) is 7.56. The highest BCUT2D eigenvalue weighted by Crippen LogP contribution is 2.35. The lowest BCUT2D eigenvalue weighted by Crippen LogP contribution is -2.44. The molecule has 8 nitrogen and oxygen atoms in total. The molecule has 0 aliphatic carbocycles. The van der Waals surface area contributed by atoms with Crippen LogP contribution in [-0.2, 0) is 20.6 Å². The molecule has 1 atom stereocenters. The highest BCUT2D eigenvalue weighted by Gasteiger charge is 2.28. The van der Waals surface area contributed by atoms with Crippen molar-refractivity contribution in [2.45, 2.75) is 25.4 Å². The van der Waals surface area contributed by atoms with E-state index in [1.165, 1.54) is 11.6 Å². The smallest absolute Gasteiger partial charge is 0.331 e. The van der Waals surface area contributed by atoms with Crippen molar-refractivity contribution in [3.8, 4) is 0 Å². The summed E-state index contributed by atoms with van der Waals surface area (Å²) in [7, 11) is 3.15. The van der Waals surface area contributed by atoms with Crippen LogP contribution in [0.1, 0.15) is 18.4 Å². The number of nitrogens with zero attached hydrogens (tertiary/aromatic N) is 4. The minimum atomic E-state index is -0.386. The third-order valence-corrected chi connectivity index (χ3v) is 5.60. The molecular formula is C20H26N6O2. The zero-order valence-electron chi connectivity index (χ0n) is 16.3. The molecule has 2 aromatic heterocycles. The minimum absolute atomic E-state index is 0.0583. The first kappa shape index (κ1) is 18.4. The molecule has 8 heteroatoms. The number of nitrogens with two attached hydrogens (primary N) is 2. The normalized spacial score (nSPS) is 17.4. The van der Waals surface area contributed by atoms with E-state index in [9.17, 15) is 9.59 Å². The van der Waals surface area contributed by atoms with Crippen LogP contribution in [0.3, 0.4) is 0 Å². The van der Waals surface area contributed by atoms with Gasteiger partial charge in [0.1, 0.15) is 16.9 Å². The summed E-state index contributed by atoms with van der Waals surface area (Å²) in [5, 5.41) is 0. The minimum Gasteiger partial charge on any atom is -0.394 e. The second kappa shape index (κ2) is 6.87. The maximum absolute atomic E-state index is 13.1. The van der Waals surface area contributed by atoms with E-state index in [0.717, 1.165) is 35.3 Å². The number of piperidine rings is 1. The van der Waals surface area contributed by atoms with Gasteiger partial charge in [-0.25, -0.2) is 4.79 Å². The lowest BCUT2D eigenvalue weighted by molar-refractivity contribution is 0.499. The standard InChI is InChI=1S/C20H26N6O2/c1-23-16-15(22)18(25-10-6-9-14(21)12-25)26(11-13-7-4-3-5-8-13)17(16)19(27)24(2)20(23)28/h3-5,7-8,14H,6,9-12,21-22H2,1-2H3/t14-/m0/s1. The fraction of sp³-hybridized carbons (Fsp3) is 0.400. The van der Waals surface area contributed by atoms with Crippen molar-refractivity contribution >= 4 is 22.5 Å². The summed E-state index contributed by atoms with van der Waals surface area (Å²) in [6, 6.07) is 9.98. The molecule has 0 unspecified atom stereocenters. The maximum atomic E-state index is 13.1. The number of nitrogen functional groups attached to an aromatic ring is 1. The van der Waals surface area contributed by atoms with E-state index >= 15 is 0 Å². The van der Waals surface area contributed by atoms with Crippen LogP contribution in [0, 0.1) is 0 Å². The Kier molecular flexibility index (Phi) is 4.50. The van der Waals surface area contributed by atoms with Gasteiger partial charge in [0.05, 0.1) is 5.69 Å². The summed E-state index contributed by atoms with van der Waals surface area (Å²) in [5.74, 6) is 0.771. The lowest BCUT2D eigenvalue weighted by Gasteiger charge is -2.33. The Morgan fingerprint density at radius 1 is 1.07 bits per heavy atom. The number of aromatic nitrogens is 3. The molecule has 0 spiro atoms. The van der Waals surface area contributed by atoms with Gasteiger partial charge in [0.15, 0.2) is 0 Å². The van der Waals surface area contributed by atoms with Crippen molar-refractivity contribution in [2.24, 2.45) is 19.8 Å². The summed E-state index contributed by atoms with van der Waals surface area (Å²) < 4.78 is 4.54. The van der Waals surface area contributed by atoms with E-state index in [0.29, 0.717) is 29.8 Å². The molecule has 0 radical (unpaired) electrons. The number of anilines is 2. The molecule has 148 valence electrons. The van der Waals surface area contributed by atoms with Crippen LogP contribution in [0.5, 0.6) is 0 Å². The van der Waals surface area contributed by atoms with Crippen molar-refractivity contribution in [3.05, 3.63) is 56.7 Å². The fourth-order valence-corrected chi connectivity index (χ4v) is 4.20. The average Bonchev–Trinajstić information content (AvgIpc) is 2.97. The molecule has 1 aromatic carbocycles. The molecule has 3 heterocycles. The van der Waals surface area contributed by atoms with Crippen LogP contribution in [0.4, 0.5) is 11.5 Å². The molecule has 0 saturated carbocycles. The first-order valence-corrected chi connectivity index (χ1v) is 9.52. The van der Waals surface area contributed by atoms with Crippen molar-refractivity contribution in [3.63, 3.8) is 0 Å². The monoisotopic (exact) mass is 382 g/mol. The molecular weight excluding hydrogens is 356 g/mol. The van der Waals surface area contributed by atoms with E-state index < -0.39 is 0 Å². The fourth-order valence-electron chi connectivity index (χ4n) is 4.20. The van der Waals surface area contributed by atoms with Gasteiger partial charge < -0.3 is 20.9 Å². The summed E-state index contributed by atoms with van der Waals surface area (Å²) in [5.41, 5.74) is 14.5. The third-order valence-electron chi connectivity index (χ3n) is 5.60. The molecule has 4 rings (SSSR count). The number of hydrogen-bond donors (Lipinski definition) is 2. The maximum Gasteiger partial charge on any atom is 0.331 e. The Balaban J connectivity index is 2.03. The highest BCUT2D eigenvalue weighted by atomic mass is 16.2. The van der Waals surface area contributed by atoms with Crippen LogP contribution >= 0.6 is 0 Å². The summed E-state index contributed by atoms with van der Waals surface area (Å²) in [4.78, 5) is 27.7. The molecule has 1 saturated heterocycles. The zero-order chi connectivity index (χ0) is 20.0. The Labute approximate surface area is 162 Å². The first-order chi connectivity index (χ1) is 13.4. The lowest BCUT2D eigenvalue weighted by atomic mass is 10.1. The van der Waals surface area contributed by atoms with E-state index in [1.807, 2.05) is 34.9 Å². The van der Waals surface area contributed by atoms with Gasteiger partial charge >= 0.3 is 5.69 Å². The Morgan fingerprint density at radius 2 is 1.79 bits per heavy atom. The first-order valence-electron chi connectivity index (χ1n) is 9.52. The van der Waals surface area contributed by atoms with Crippen LogP contribution in [-0.4, -0.2) is 32.8 Å². The third kappa shape index (κ3) is 2.80. The van der Waals surface area contributed by atoms with E-state index in [4.69, 9.17) is 11.5 Å². The topological polar surface area (TPSA) is 104 Å².